The quantitative estimate of drug-likeness (QED) is 0.720. The largest absolute Gasteiger partial charge is 0.495 e. The van der Waals surface area contributed by atoms with E-state index in [-0.39, 0.29) is 54.1 Å². The number of hydrogen-bond acceptors (Lipinski definition) is 6. The summed E-state index contributed by atoms with van der Waals surface area (Å²) in [5, 5.41) is 2.99. The first-order chi connectivity index (χ1) is 12.9. The molecule has 8 nitrogen and oxygen atoms in total. The first-order valence-corrected chi connectivity index (χ1v) is 10.7. The first kappa shape index (κ1) is 22.9. The Morgan fingerprint density at radius 3 is 2.46 bits per heavy atom. The van der Waals surface area contributed by atoms with Crippen molar-refractivity contribution in [2.45, 2.75) is 42.7 Å². The van der Waals surface area contributed by atoms with Gasteiger partial charge >= 0.3 is 0 Å². The molecule has 3 N–H and O–H groups in total. The van der Waals surface area contributed by atoms with Crippen LogP contribution in [0.2, 0.25) is 0 Å². The molecule has 1 heterocycles. The summed E-state index contributed by atoms with van der Waals surface area (Å²) in [6, 6.07) is 4.77. The maximum Gasteiger partial charge on any atom is 0.251 e. The molecule has 2 aliphatic rings. The lowest BCUT2D eigenvalue weighted by Crippen LogP contribution is -2.41. The summed E-state index contributed by atoms with van der Waals surface area (Å²) in [4.78, 5) is 12.6. The lowest BCUT2D eigenvalue weighted by molar-refractivity contribution is 0.0729. The average Bonchev–Trinajstić information content (AvgIpc) is 2.69. The molecule has 28 heavy (non-hydrogen) atoms. The minimum atomic E-state index is -3.77. The molecule has 0 unspecified atom stereocenters. The molecule has 1 aromatic rings. The first-order valence-electron chi connectivity index (χ1n) is 9.24. The van der Waals surface area contributed by atoms with E-state index in [4.69, 9.17) is 15.2 Å². The molecule has 1 aliphatic carbocycles. The number of nitrogens with zero attached hydrogens (tertiary/aromatic N) is 1. The monoisotopic (exact) mass is 433 g/mol. The van der Waals surface area contributed by atoms with Crippen molar-refractivity contribution in [2.75, 3.05) is 33.4 Å². The fourth-order valence-corrected chi connectivity index (χ4v) is 5.07. The summed E-state index contributed by atoms with van der Waals surface area (Å²) in [5.41, 5.74) is 6.21. The van der Waals surface area contributed by atoms with E-state index in [1.54, 1.807) is 6.07 Å². The molecule has 0 aromatic heterocycles. The zero-order valence-electron chi connectivity index (χ0n) is 15.9. The van der Waals surface area contributed by atoms with Crippen LogP contribution in [0, 0.1) is 0 Å². The number of nitrogens with two attached hydrogens (primary N) is 1. The normalized spacial score (nSPS) is 23.5. The van der Waals surface area contributed by atoms with Gasteiger partial charge in [-0.05, 0) is 43.9 Å². The van der Waals surface area contributed by atoms with Gasteiger partial charge < -0.3 is 20.5 Å². The summed E-state index contributed by atoms with van der Waals surface area (Å²) in [6.45, 7) is 1.27. The zero-order chi connectivity index (χ0) is 19.4. The molecule has 1 amide bonds. The number of halogens is 1. The number of sulfonamides is 1. The van der Waals surface area contributed by atoms with Gasteiger partial charge in [0.25, 0.3) is 5.91 Å². The van der Waals surface area contributed by atoms with Gasteiger partial charge in [0.15, 0.2) is 0 Å². The van der Waals surface area contributed by atoms with Gasteiger partial charge in [-0.1, -0.05) is 0 Å². The fourth-order valence-electron chi connectivity index (χ4n) is 3.48. The van der Waals surface area contributed by atoms with Gasteiger partial charge in [-0.3, -0.25) is 4.79 Å². The van der Waals surface area contributed by atoms with E-state index in [9.17, 15) is 13.2 Å². The molecule has 0 bridgehead atoms. The highest BCUT2D eigenvalue weighted by molar-refractivity contribution is 7.89. The Bertz CT molecular complexity index is 775. The van der Waals surface area contributed by atoms with E-state index < -0.39 is 10.0 Å². The molecule has 158 valence electrons. The van der Waals surface area contributed by atoms with Gasteiger partial charge in [0, 0.05) is 30.7 Å². The van der Waals surface area contributed by atoms with Crippen LogP contribution in [-0.2, 0) is 14.8 Å². The number of carbonyl (C=O) groups excluding carboxylic acids is 1. The van der Waals surface area contributed by atoms with Gasteiger partial charge in [-0.2, -0.15) is 4.31 Å². The summed E-state index contributed by atoms with van der Waals surface area (Å²) < 4.78 is 37.9. The predicted octanol–water partition coefficient (Wildman–Crippen LogP) is 1.14. The number of ether oxygens (including phenoxy) is 2. The average molecular weight is 434 g/mol. The van der Waals surface area contributed by atoms with Crippen LogP contribution in [0.25, 0.3) is 0 Å². The molecule has 1 saturated carbocycles. The number of rotatable bonds is 5. The third-order valence-electron chi connectivity index (χ3n) is 5.12. The summed E-state index contributed by atoms with van der Waals surface area (Å²) in [7, 11) is -2.35. The van der Waals surface area contributed by atoms with E-state index in [2.05, 4.69) is 5.32 Å². The SMILES string of the molecule is COc1ccc(C(=O)NC2CCC(N)CC2)cc1S(=O)(=O)N1CCOCC1.Cl. The molecular formula is C18H28ClN3O5S. The summed E-state index contributed by atoms with van der Waals surface area (Å²) in [5.74, 6) is -0.0572. The van der Waals surface area contributed by atoms with Gasteiger partial charge in [-0.15, -0.1) is 12.4 Å². The number of carbonyl (C=O) groups is 1. The van der Waals surface area contributed by atoms with Crippen molar-refractivity contribution in [1.82, 2.24) is 9.62 Å². The van der Waals surface area contributed by atoms with E-state index in [1.807, 2.05) is 0 Å². The van der Waals surface area contributed by atoms with E-state index in [0.717, 1.165) is 25.7 Å². The Labute approximate surface area is 172 Å². The van der Waals surface area contributed by atoms with Crippen LogP contribution in [0.4, 0.5) is 0 Å². The van der Waals surface area contributed by atoms with Crippen LogP contribution in [0.1, 0.15) is 36.0 Å². The maximum atomic E-state index is 13.0. The predicted molar refractivity (Wildman–Crippen MR) is 108 cm³/mol. The van der Waals surface area contributed by atoms with Gasteiger partial charge in [-0.25, -0.2) is 8.42 Å². The molecule has 1 aliphatic heterocycles. The van der Waals surface area contributed by atoms with E-state index >= 15 is 0 Å². The number of morpholine rings is 1. The Kier molecular flexibility index (Phi) is 8.08. The second-order valence-electron chi connectivity index (χ2n) is 6.97. The van der Waals surface area contributed by atoms with Gasteiger partial charge in [0.2, 0.25) is 10.0 Å². The Morgan fingerprint density at radius 2 is 1.86 bits per heavy atom. The highest BCUT2D eigenvalue weighted by atomic mass is 35.5. The third-order valence-corrected chi connectivity index (χ3v) is 7.04. The zero-order valence-corrected chi connectivity index (χ0v) is 17.6. The number of nitrogens with one attached hydrogen (secondary N) is 1. The number of methoxy groups -OCH3 is 1. The van der Waals surface area contributed by atoms with Crippen LogP contribution >= 0.6 is 12.4 Å². The van der Waals surface area contributed by atoms with Crippen molar-refractivity contribution >= 4 is 28.3 Å². The number of hydrogen-bond donors (Lipinski definition) is 2. The topological polar surface area (TPSA) is 111 Å². The lowest BCUT2D eigenvalue weighted by atomic mass is 9.91. The third kappa shape index (κ3) is 5.15. The Balaban J connectivity index is 0.00000280. The summed E-state index contributed by atoms with van der Waals surface area (Å²) >= 11 is 0. The number of amides is 1. The van der Waals surface area contributed by atoms with Crippen LogP contribution in [0.15, 0.2) is 23.1 Å². The van der Waals surface area contributed by atoms with Crippen LogP contribution in [0.5, 0.6) is 5.75 Å². The number of benzene rings is 1. The molecule has 2 fully saturated rings. The molecular weight excluding hydrogens is 406 g/mol. The van der Waals surface area contributed by atoms with Crippen LogP contribution in [0.3, 0.4) is 0 Å². The highest BCUT2D eigenvalue weighted by Crippen LogP contribution is 2.28. The smallest absolute Gasteiger partial charge is 0.251 e. The second-order valence-corrected chi connectivity index (χ2v) is 8.87. The van der Waals surface area contributed by atoms with Crippen molar-refractivity contribution in [3.63, 3.8) is 0 Å². The molecule has 1 aromatic carbocycles. The second kappa shape index (κ2) is 9.89. The minimum absolute atomic E-state index is 0. The maximum absolute atomic E-state index is 13.0. The van der Waals surface area contributed by atoms with Gasteiger partial charge in [0.1, 0.15) is 10.6 Å². The standard InChI is InChI=1S/C18H27N3O5S.ClH/c1-25-16-7-2-13(18(22)20-15-5-3-14(19)4-6-15)12-17(16)27(23,24)21-8-10-26-11-9-21;/h2,7,12,14-15H,3-6,8-11,19H2,1H3,(H,20,22);1H. The molecule has 1 saturated heterocycles. The van der Waals surface area contributed by atoms with Crippen molar-refractivity contribution in [3.8, 4) is 5.75 Å². The van der Waals surface area contributed by atoms with Crippen LogP contribution < -0.4 is 15.8 Å². The summed E-state index contributed by atoms with van der Waals surface area (Å²) in [6.07, 6.45) is 3.43. The molecule has 0 radical (unpaired) electrons. The van der Waals surface area contributed by atoms with E-state index in [0.29, 0.717) is 18.8 Å². The highest BCUT2D eigenvalue weighted by Gasteiger charge is 2.30. The van der Waals surface area contributed by atoms with Crippen molar-refractivity contribution in [1.29, 1.82) is 0 Å². The molecule has 3 rings (SSSR count). The Hall–Kier alpha value is -1.39. The van der Waals surface area contributed by atoms with Crippen LogP contribution in [-0.4, -0.2) is 64.1 Å². The van der Waals surface area contributed by atoms with Crippen molar-refractivity contribution in [3.05, 3.63) is 23.8 Å². The molecule has 0 spiro atoms. The Morgan fingerprint density at radius 1 is 1.21 bits per heavy atom. The molecule has 10 heteroatoms. The lowest BCUT2D eigenvalue weighted by Gasteiger charge is -2.27. The fraction of sp³-hybridized carbons (Fsp3) is 0.611. The van der Waals surface area contributed by atoms with Gasteiger partial charge in [0.05, 0.1) is 20.3 Å². The minimum Gasteiger partial charge on any atom is -0.495 e. The molecule has 0 atom stereocenters. The van der Waals surface area contributed by atoms with Crippen molar-refractivity contribution in [2.24, 2.45) is 5.73 Å². The van der Waals surface area contributed by atoms with Crippen molar-refractivity contribution < 1.29 is 22.7 Å². The van der Waals surface area contributed by atoms with E-state index in [1.165, 1.54) is 23.5 Å².